The molecule has 0 aromatic carbocycles. The van der Waals surface area contributed by atoms with Gasteiger partial charge in [-0.05, 0) is 92.5 Å². The number of hydrogen-bond acceptors (Lipinski definition) is 3. The van der Waals surface area contributed by atoms with Crippen LogP contribution in [0.1, 0.15) is 62.3 Å². The summed E-state index contributed by atoms with van der Waals surface area (Å²) in [5.74, 6) is 3.14. The van der Waals surface area contributed by atoms with Crippen molar-refractivity contribution in [1.29, 1.82) is 0 Å². The van der Waals surface area contributed by atoms with Gasteiger partial charge in [-0.3, -0.25) is 9.69 Å². The first-order chi connectivity index (χ1) is 12.2. The average molecular weight is 359 g/mol. The highest BCUT2D eigenvalue weighted by atomic mass is 32.1. The Labute approximate surface area is 155 Å². The summed E-state index contributed by atoms with van der Waals surface area (Å²) in [6.45, 7) is 2.58. The van der Waals surface area contributed by atoms with E-state index in [2.05, 4.69) is 27.7 Å². The van der Waals surface area contributed by atoms with Crippen LogP contribution in [0.3, 0.4) is 0 Å². The van der Waals surface area contributed by atoms with E-state index in [0.717, 1.165) is 30.8 Å². The summed E-state index contributed by atoms with van der Waals surface area (Å²) in [6.07, 6.45) is 11.0. The number of carbonyl (C=O) groups is 1. The molecular weight excluding hydrogens is 328 g/mol. The van der Waals surface area contributed by atoms with Crippen molar-refractivity contribution >= 4 is 17.2 Å². The van der Waals surface area contributed by atoms with Crippen molar-refractivity contribution in [2.24, 2.45) is 23.2 Å². The molecule has 3 nitrogen and oxygen atoms in total. The quantitative estimate of drug-likeness (QED) is 0.855. The number of amides is 1. The highest BCUT2D eigenvalue weighted by Gasteiger charge is 2.50. The van der Waals surface area contributed by atoms with E-state index in [1.807, 2.05) is 11.3 Å². The van der Waals surface area contributed by atoms with E-state index in [4.69, 9.17) is 0 Å². The number of likely N-dealkylation sites (tertiary alicyclic amines) is 1. The van der Waals surface area contributed by atoms with Gasteiger partial charge in [0.25, 0.3) is 0 Å². The van der Waals surface area contributed by atoms with E-state index >= 15 is 0 Å². The van der Waals surface area contributed by atoms with Gasteiger partial charge in [0.15, 0.2) is 0 Å². The van der Waals surface area contributed by atoms with Gasteiger partial charge in [0.2, 0.25) is 5.91 Å². The van der Waals surface area contributed by atoms with Gasteiger partial charge in [0, 0.05) is 17.5 Å². The Balaban J connectivity index is 1.17. The van der Waals surface area contributed by atoms with Crippen LogP contribution < -0.4 is 5.32 Å². The topological polar surface area (TPSA) is 32.3 Å². The van der Waals surface area contributed by atoms with E-state index < -0.39 is 0 Å². The molecule has 0 radical (unpaired) electrons. The highest BCUT2D eigenvalue weighted by Crippen LogP contribution is 2.59. The van der Waals surface area contributed by atoms with Crippen LogP contribution in [-0.4, -0.2) is 30.4 Å². The second-order valence-corrected chi connectivity index (χ2v) is 10.3. The summed E-state index contributed by atoms with van der Waals surface area (Å²) in [7, 11) is 0. The Kier molecular flexibility index (Phi) is 4.16. The van der Waals surface area contributed by atoms with Gasteiger partial charge in [-0.25, -0.2) is 0 Å². The Morgan fingerprint density at radius 3 is 2.56 bits per heavy atom. The van der Waals surface area contributed by atoms with Crippen molar-refractivity contribution < 1.29 is 4.79 Å². The molecule has 1 aliphatic heterocycles. The van der Waals surface area contributed by atoms with E-state index in [0.29, 0.717) is 18.0 Å². The maximum atomic E-state index is 12.7. The largest absolute Gasteiger partial charge is 0.354 e. The normalized spacial score (nSPS) is 39.8. The summed E-state index contributed by atoms with van der Waals surface area (Å²) < 4.78 is 0. The van der Waals surface area contributed by atoms with Crippen LogP contribution in [0.2, 0.25) is 0 Å². The molecule has 4 bridgehead atoms. The van der Waals surface area contributed by atoms with E-state index in [9.17, 15) is 4.79 Å². The van der Waals surface area contributed by atoms with Crippen molar-refractivity contribution in [2.45, 2.75) is 57.4 Å². The van der Waals surface area contributed by atoms with E-state index in [1.165, 1.54) is 56.2 Å². The first-order valence-electron chi connectivity index (χ1n) is 10.2. The second-order valence-electron chi connectivity index (χ2n) is 9.34. The van der Waals surface area contributed by atoms with Crippen molar-refractivity contribution in [2.75, 3.05) is 19.6 Å². The smallest absolute Gasteiger partial charge is 0.234 e. The maximum Gasteiger partial charge on any atom is 0.234 e. The number of carbonyl (C=O) groups excluding carboxylic acids is 1. The minimum atomic E-state index is 0.249. The molecule has 2 heterocycles. The number of nitrogens with one attached hydrogen (secondary N) is 1. The van der Waals surface area contributed by atoms with Crippen molar-refractivity contribution in [3.63, 3.8) is 0 Å². The van der Waals surface area contributed by atoms with Gasteiger partial charge in [-0.2, -0.15) is 0 Å². The van der Waals surface area contributed by atoms with Crippen LogP contribution in [0.15, 0.2) is 17.5 Å². The van der Waals surface area contributed by atoms with Gasteiger partial charge in [-0.15, -0.1) is 11.3 Å². The number of hydrogen-bond donors (Lipinski definition) is 1. The van der Waals surface area contributed by atoms with E-state index in [1.54, 1.807) is 0 Å². The first-order valence-corrected chi connectivity index (χ1v) is 11.1. The van der Waals surface area contributed by atoms with Crippen molar-refractivity contribution in [1.82, 2.24) is 10.2 Å². The van der Waals surface area contributed by atoms with Gasteiger partial charge < -0.3 is 5.32 Å². The predicted octanol–water partition coefficient (Wildman–Crippen LogP) is 4.22. The fraction of sp³-hybridized carbons (Fsp3) is 0.762. The van der Waals surface area contributed by atoms with Gasteiger partial charge in [0.05, 0.1) is 6.54 Å². The molecule has 0 spiro atoms. The number of nitrogens with zero attached hydrogens (tertiary/aromatic N) is 1. The summed E-state index contributed by atoms with van der Waals surface area (Å²) in [5.41, 5.74) is 0.447. The van der Waals surface area contributed by atoms with Crippen LogP contribution in [-0.2, 0) is 4.79 Å². The molecule has 25 heavy (non-hydrogen) atoms. The monoisotopic (exact) mass is 358 g/mol. The molecule has 6 rings (SSSR count). The molecule has 0 unspecified atom stereocenters. The Morgan fingerprint density at radius 1 is 1.20 bits per heavy atom. The molecule has 1 saturated heterocycles. The zero-order valence-corrected chi connectivity index (χ0v) is 15.9. The second kappa shape index (κ2) is 6.38. The van der Waals surface area contributed by atoms with Gasteiger partial charge >= 0.3 is 0 Å². The SMILES string of the molecule is O=C(CN1CCC[C@H]1c1cccs1)NCC12CC3CC(CC(C3)C1)C2. The molecule has 1 N–H and O–H groups in total. The first kappa shape index (κ1) is 16.3. The third-order valence-electron chi connectivity index (χ3n) is 7.41. The van der Waals surface area contributed by atoms with E-state index in [-0.39, 0.29) is 5.91 Å². The average Bonchev–Trinajstić information content (AvgIpc) is 3.23. The zero-order chi connectivity index (χ0) is 16.9. The van der Waals surface area contributed by atoms with Gasteiger partial charge in [0.1, 0.15) is 0 Å². The molecule has 136 valence electrons. The third-order valence-corrected chi connectivity index (χ3v) is 8.38. The molecule has 4 saturated carbocycles. The zero-order valence-electron chi connectivity index (χ0n) is 15.1. The summed E-state index contributed by atoms with van der Waals surface area (Å²) >= 11 is 1.83. The lowest BCUT2D eigenvalue weighted by molar-refractivity contribution is -0.124. The van der Waals surface area contributed by atoms with Crippen LogP contribution in [0, 0.1) is 23.2 Å². The van der Waals surface area contributed by atoms with Crippen LogP contribution in [0.5, 0.6) is 0 Å². The van der Waals surface area contributed by atoms with Crippen molar-refractivity contribution in [3.8, 4) is 0 Å². The molecule has 1 aromatic rings. The summed E-state index contributed by atoms with van der Waals surface area (Å²) in [6, 6.07) is 4.82. The van der Waals surface area contributed by atoms with Crippen LogP contribution in [0.4, 0.5) is 0 Å². The Morgan fingerprint density at radius 2 is 1.92 bits per heavy atom. The van der Waals surface area contributed by atoms with Gasteiger partial charge in [-0.1, -0.05) is 6.07 Å². The lowest BCUT2D eigenvalue weighted by Crippen LogP contribution is -2.52. The number of thiophene rings is 1. The Hall–Kier alpha value is -0.870. The summed E-state index contributed by atoms with van der Waals surface area (Å²) in [4.78, 5) is 16.5. The predicted molar refractivity (Wildman–Crippen MR) is 101 cm³/mol. The maximum absolute atomic E-state index is 12.7. The van der Waals surface area contributed by atoms with Crippen LogP contribution >= 0.6 is 11.3 Å². The fourth-order valence-electron chi connectivity index (χ4n) is 6.85. The molecule has 5 aliphatic rings. The molecule has 1 amide bonds. The molecular formula is C21H30N2OS. The molecule has 1 atom stereocenters. The Bertz CT molecular complexity index is 591. The summed E-state index contributed by atoms with van der Waals surface area (Å²) in [5, 5.41) is 5.51. The molecule has 4 heteroatoms. The molecule has 1 aromatic heterocycles. The van der Waals surface area contributed by atoms with Crippen molar-refractivity contribution in [3.05, 3.63) is 22.4 Å². The molecule has 4 aliphatic carbocycles. The third kappa shape index (κ3) is 3.16. The molecule has 5 fully saturated rings. The minimum absolute atomic E-state index is 0.249. The standard InChI is InChI=1S/C21H30N2OS/c24-20(13-23-5-1-3-18(23)19-4-2-6-25-19)22-14-21-10-15-7-16(11-21)9-17(8-15)12-21/h2,4,6,15-18H,1,3,5,7-14H2,(H,22,24)/t15?,16?,17?,18-,21?/m0/s1. The van der Waals surface area contributed by atoms with Crippen LogP contribution in [0.25, 0.3) is 0 Å². The lowest BCUT2D eigenvalue weighted by Gasteiger charge is -2.56. The fourth-order valence-corrected chi connectivity index (χ4v) is 7.75. The lowest BCUT2D eigenvalue weighted by atomic mass is 9.49. The minimum Gasteiger partial charge on any atom is -0.354 e. The number of rotatable bonds is 5. The highest BCUT2D eigenvalue weighted by molar-refractivity contribution is 7.10.